The predicted octanol–water partition coefficient (Wildman–Crippen LogP) is 3.02. The lowest BCUT2D eigenvalue weighted by molar-refractivity contribution is 0.162. The number of hydrogen-bond acceptors (Lipinski definition) is 3. The van der Waals surface area contributed by atoms with Gasteiger partial charge in [0, 0.05) is 50.8 Å². The van der Waals surface area contributed by atoms with Crippen LogP contribution in [0.2, 0.25) is 0 Å². The van der Waals surface area contributed by atoms with E-state index in [4.69, 9.17) is 0 Å². The zero-order valence-electron chi connectivity index (χ0n) is 15.3. The highest BCUT2D eigenvalue weighted by Gasteiger charge is 2.27. The van der Waals surface area contributed by atoms with Crippen molar-refractivity contribution in [3.05, 3.63) is 47.9 Å². The Morgan fingerprint density at radius 1 is 1.28 bits per heavy atom. The smallest absolute Gasteiger partial charge is 0.318 e. The summed E-state index contributed by atoms with van der Waals surface area (Å²) >= 11 is 0. The molecule has 0 aromatic carbocycles. The number of aromatic nitrogens is 2. The molecule has 25 heavy (non-hydrogen) atoms. The molecule has 1 aliphatic heterocycles. The standard InChI is InChI=1S/C19H27N5O/c1-4-22(5-2)18-9-8-16(13-20-18)14-21-19(25)24-12-11-23-10-6-7-17(23)15(24)3/h6-10,13,15H,4-5,11-12,14H2,1-3H3,(H,21,25). The Morgan fingerprint density at radius 3 is 2.76 bits per heavy atom. The van der Waals surface area contributed by atoms with Gasteiger partial charge in [-0.3, -0.25) is 0 Å². The van der Waals surface area contributed by atoms with Crippen molar-refractivity contribution in [3.8, 4) is 0 Å². The highest BCUT2D eigenvalue weighted by atomic mass is 16.2. The first kappa shape index (κ1) is 17.3. The van der Waals surface area contributed by atoms with Crippen LogP contribution in [-0.2, 0) is 13.1 Å². The molecule has 1 N–H and O–H groups in total. The summed E-state index contributed by atoms with van der Waals surface area (Å²) in [6.07, 6.45) is 3.92. The molecule has 2 amide bonds. The number of amides is 2. The number of pyridine rings is 1. The van der Waals surface area contributed by atoms with Crippen LogP contribution in [0.25, 0.3) is 0 Å². The maximum Gasteiger partial charge on any atom is 0.318 e. The second kappa shape index (κ2) is 7.59. The van der Waals surface area contributed by atoms with Gasteiger partial charge >= 0.3 is 6.03 Å². The third-order valence-corrected chi connectivity index (χ3v) is 4.94. The molecule has 0 saturated carbocycles. The number of rotatable bonds is 5. The first-order valence-electron chi connectivity index (χ1n) is 9.03. The Kier molecular flexibility index (Phi) is 5.26. The number of carbonyl (C=O) groups is 1. The first-order chi connectivity index (χ1) is 12.1. The van der Waals surface area contributed by atoms with Crippen LogP contribution in [0.1, 0.15) is 38.1 Å². The third kappa shape index (κ3) is 3.62. The van der Waals surface area contributed by atoms with E-state index in [0.29, 0.717) is 6.54 Å². The van der Waals surface area contributed by atoms with Crippen LogP contribution in [0, 0.1) is 0 Å². The van der Waals surface area contributed by atoms with Crippen molar-refractivity contribution in [1.82, 2.24) is 19.8 Å². The van der Waals surface area contributed by atoms with Crippen molar-refractivity contribution >= 4 is 11.8 Å². The van der Waals surface area contributed by atoms with Gasteiger partial charge in [0.2, 0.25) is 0 Å². The highest BCUT2D eigenvalue weighted by Crippen LogP contribution is 2.25. The minimum absolute atomic E-state index is 0.0206. The van der Waals surface area contributed by atoms with Gasteiger partial charge in [-0.1, -0.05) is 6.07 Å². The van der Waals surface area contributed by atoms with Gasteiger partial charge in [-0.15, -0.1) is 0 Å². The Labute approximate surface area is 149 Å². The van der Waals surface area contributed by atoms with E-state index >= 15 is 0 Å². The SMILES string of the molecule is CCN(CC)c1ccc(CNC(=O)N2CCn3cccc3C2C)cn1. The molecule has 3 rings (SSSR count). The summed E-state index contributed by atoms with van der Waals surface area (Å²) in [4.78, 5) is 21.2. The summed E-state index contributed by atoms with van der Waals surface area (Å²) in [7, 11) is 0. The topological polar surface area (TPSA) is 53.4 Å². The minimum atomic E-state index is -0.0206. The molecular weight excluding hydrogens is 314 g/mol. The van der Waals surface area contributed by atoms with Crippen molar-refractivity contribution in [2.24, 2.45) is 0 Å². The maximum absolute atomic E-state index is 12.6. The van der Waals surface area contributed by atoms with Crippen LogP contribution in [-0.4, -0.2) is 40.1 Å². The lowest BCUT2D eigenvalue weighted by atomic mass is 10.1. The zero-order chi connectivity index (χ0) is 17.8. The van der Waals surface area contributed by atoms with E-state index in [-0.39, 0.29) is 12.1 Å². The van der Waals surface area contributed by atoms with Gasteiger partial charge in [0.05, 0.1) is 6.04 Å². The van der Waals surface area contributed by atoms with Crippen LogP contribution in [0.15, 0.2) is 36.7 Å². The lowest BCUT2D eigenvalue weighted by Crippen LogP contribution is -2.45. The molecule has 0 aliphatic carbocycles. The van der Waals surface area contributed by atoms with E-state index in [1.165, 1.54) is 5.69 Å². The molecule has 1 atom stereocenters. The molecule has 2 aromatic heterocycles. The lowest BCUT2D eigenvalue weighted by Gasteiger charge is -2.34. The minimum Gasteiger partial charge on any atom is -0.357 e. The van der Waals surface area contributed by atoms with Gasteiger partial charge in [0.25, 0.3) is 0 Å². The summed E-state index contributed by atoms with van der Waals surface area (Å²) in [5.74, 6) is 0.977. The van der Waals surface area contributed by atoms with E-state index < -0.39 is 0 Å². The van der Waals surface area contributed by atoms with E-state index in [0.717, 1.165) is 37.6 Å². The first-order valence-corrected chi connectivity index (χ1v) is 9.03. The van der Waals surface area contributed by atoms with E-state index in [1.807, 2.05) is 29.3 Å². The molecule has 6 nitrogen and oxygen atoms in total. The molecule has 134 valence electrons. The van der Waals surface area contributed by atoms with Gasteiger partial charge in [0.1, 0.15) is 5.82 Å². The summed E-state index contributed by atoms with van der Waals surface area (Å²) < 4.78 is 2.21. The molecule has 1 aliphatic rings. The predicted molar refractivity (Wildman–Crippen MR) is 99.6 cm³/mol. The molecule has 1 unspecified atom stereocenters. The van der Waals surface area contributed by atoms with Gasteiger partial charge < -0.3 is 19.7 Å². The monoisotopic (exact) mass is 341 g/mol. The van der Waals surface area contributed by atoms with Gasteiger partial charge in [-0.2, -0.15) is 0 Å². The highest BCUT2D eigenvalue weighted by molar-refractivity contribution is 5.74. The second-order valence-corrected chi connectivity index (χ2v) is 6.35. The average molecular weight is 341 g/mol. The zero-order valence-corrected chi connectivity index (χ0v) is 15.3. The molecular formula is C19H27N5O. The van der Waals surface area contributed by atoms with Crippen LogP contribution < -0.4 is 10.2 Å². The molecule has 0 fully saturated rings. The summed E-state index contributed by atoms with van der Waals surface area (Å²) in [5.41, 5.74) is 2.20. The van der Waals surface area contributed by atoms with Crippen LogP contribution in [0.3, 0.4) is 0 Å². The Bertz CT molecular complexity index is 705. The van der Waals surface area contributed by atoms with E-state index in [1.54, 1.807) is 0 Å². The van der Waals surface area contributed by atoms with Crippen LogP contribution in [0.5, 0.6) is 0 Å². The van der Waals surface area contributed by atoms with Gasteiger partial charge in [-0.05, 0) is 44.5 Å². The van der Waals surface area contributed by atoms with Crippen LogP contribution in [0.4, 0.5) is 10.6 Å². The largest absolute Gasteiger partial charge is 0.357 e. The second-order valence-electron chi connectivity index (χ2n) is 6.35. The number of fused-ring (bicyclic) bond motifs is 1. The number of anilines is 1. The van der Waals surface area contributed by atoms with Crippen molar-refractivity contribution in [1.29, 1.82) is 0 Å². The van der Waals surface area contributed by atoms with Crippen molar-refractivity contribution in [2.45, 2.75) is 39.9 Å². The third-order valence-electron chi connectivity index (χ3n) is 4.94. The maximum atomic E-state index is 12.6. The quantitative estimate of drug-likeness (QED) is 0.909. The normalized spacial score (nSPS) is 16.4. The fourth-order valence-corrected chi connectivity index (χ4v) is 3.39. The number of nitrogens with one attached hydrogen (secondary N) is 1. The fraction of sp³-hybridized carbons (Fsp3) is 0.474. The fourth-order valence-electron chi connectivity index (χ4n) is 3.39. The van der Waals surface area contributed by atoms with Crippen LogP contribution >= 0.6 is 0 Å². The van der Waals surface area contributed by atoms with Crippen molar-refractivity contribution < 1.29 is 4.79 Å². The summed E-state index contributed by atoms with van der Waals surface area (Å²) in [6, 6.07) is 8.24. The molecule has 2 aromatic rings. The Morgan fingerprint density at radius 2 is 2.08 bits per heavy atom. The van der Waals surface area contributed by atoms with Crippen molar-refractivity contribution in [2.75, 3.05) is 24.5 Å². The molecule has 0 bridgehead atoms. The number of urea groups is 1. The Hall–Kier alpha value is -2.50. The molecule has 3 heterocycles. The molecule has 0 spiro atoms. The number of carbonyl (C=O) groups excluding carboxylic acids is 1. The van der Waals surface area contributed by atoms with E-state index in [9.17, 15) is 4.79 Å². The molecule has 6 heteroatoms. The molecule has 0 radical (unpaired) electrons. The van der Waals surface area contributed by atoms with E-state index in [2.05, 4.69) is 52.8 Å². The molecule has 0 saturated heterocycles. The summed E-state index contributed by atoms with van der Waals surface area (Å²) in [6.45, 7) is 10.3. The number of hydrogen-bond donors (Lipinski definition) is 1. The van der Waals surface area contributed by atoms with Gasteiger partial charge in [0.15, 0.2) is 0 Å². The van der Waals surface area contributed by atoms with Gasteiger partial charge in [-0.25, -0.2) is 9.78 Å². The average Bonchev–Trinajstić information content (AvgIpc) is 3.12. The van der Waals surface area contributed by atoms with Crippen molar-refractivity contribution in [3.63, 3.8) is 0 Å². The Balaban J connectivity index is 1.57. The number of nitrogens with zero attached hydrogens (tertiary/aromatic N) is 4. The summed E-state index contributed by atoms with van der Waals surface area (Å²) in [5, 5.41) is 3.02.